The van der Waals surface area contributed by atoms with E-state index in [-0.39, 0.29) is 12.5 Å². The summed E-state index contributed by atoms with van der Waals surface area (Å²) in [6.45, 7) is 1.25. The van der Waals surface area contributed by atoms with Crippen molar-refractivity contribution < 1.29 is 14.6 Å². The molecule has 0 radical (unpaired) electrons. The van der Waals surface area contributed by atoms with Crippen molar-refractivity contribution >= 4 is 34.9 Å². The molecule has 3 rings (SSSR count). The number of carboxylic acid groups (broad SMARTS) is 1. The predicted octanol–water partition coefficient (Wildman–Crippen LogP) is 4.63. The monoisotopic (exact) mass is 365 g/mol. The van der Waals surface area contributed by atoms with Gasteiger partial charge in [0.05, 0.1) is 6.42 Å². The zero-order chi connectivity index (χ0) is 17.1. The summed E-state index contributed by atoms with van der Waals surface area (Å²) < 4.78 is 5.75. The van der Waals surface area contributed by atoms with Crippen LogP contribution in [0.4, 0.5) is 5.69 Å². The first-order valence-corrected chi connectivity index (χ1v) is 8.44. The lowest BCUT2D eigenvalue weighted by Crippen LogP contribution is -2.48. The summed E-state index contributed by atoms with van der Waals surface area (Å²) in [7, 11) is 0. The van der Waals surface area contributed by atoms with Crippen LogP contribution in [-0.2, 0) is 11.4 Å². The molecular formula is C18H17Cl2NO3. The molecule has 1 atom stereocenters. The van der Waals surface area contributed by atoms with Crippen LogP contribution in [0.25, 0.3) is 0 Å². The molecule has 2 aromatic carbocycles. The first kappa shape index (κ1) is 16.9. The third kappa shape index (κ3) is 3.94. The smallest absolute Gasteiger partial charge is 0.305 e. The Morgan fingerprint density at radius 1 is 1.21 bits per heavy atom. The topological polar surface area (TPSA) is 49.8 Å². The minimum Gasteiger partial charge on any atom is -0.489 e. The maximum absolute atomic E-state index is 10.8. The van der Waals surface area contributed by atoms with Gasteiger partial charge < -0.3 is 14.7 Å². The molecular weight excluding hydrogens is 349 g/mol. The average Bonchev–Trinajstić information content (AvgIpc) is 2.52. The van der Waals surface area contributed by atoms with E-state index in [1.807, 2.05) is 30.3 Å². The maximum Gasteiger partial charge on any atom is 0.305 e. The van der Waals surface area contributed by atoms with Gasteiger partial charge in [0, 0.05) is 33.9 Å². The lowest BCUT2D eigenvalue weighted by atomic mass is 9.98. The van der Waals surface area contributed by atoms with Gasteiger partial charge in [-0.25, -0.2) is 0 Å². The summed E-state index contributed by atoms with van der Waals surface area (Å²) >= 11 is 12.0. The van der Waals surface area contributed by atoms with E-state index in [0.29, 0.717) is 16.7 Å². The fraction of sp³-hybridized carbons (Fsp3) is 0.278. The molecule has 0 aliphatic carbocycles. The molecule has 24 heavy (non-hydrogen) atoms. The number of rotatable bonds is 6. The fourth-order valence-corrected chi connectivity index (χ4v) is 3.19. The predicted molar refractivity (Wildman–Crippen MR) is 95.2 cm³/mol. The van der Waals surface area contributed by atoms with Crippen LogP contribution < -0.4 is 9.64 Å². The van der Waals surface area contributed by atoms with Gasteiger partial charge in [0.25, 0.3) is 0 Å². The second kappa shape index (κ2) is 7.32. The quantitative estimate of drug-likeness (QED) is 0.810. The third-order valence-electron chi connectivity index (χ3n) is 4.13. The van der Waals surface area contributed by atoms with Gasteiger partial charge in [0.15, 0.2) is 0 Å². The summed E-state index contributed by atoms with van der Waals surface area (Å²) in [5, 5.41) is 10.1. The largest absolute Gasteiger partial charge is 0.489 e. The second-order valence-electron chi connectivity index (χ2n) is 5.75. The van der Waals surface area contributed by atoms with Crippen LogP contribution in [0.5, 0.6) is 5.75 Å². The number of benzene rings is 2. The molecule has 1 heterocycles. The van der Waals surface area contributed by atoms with Crippen molar-refractivity contribution in [2.75, 3.05) is 11.4 Å². The SMILES string of the molecule is O=C(O)C[C@H]1CCN1c1ccc(OCc2ccc(Cl)cc2Cl)cc1. The van der Waals surface area contributed by atoms with Crippen molar-refractivity contribution in [1.82, 2.24) is 0 Å². The van der Waals surface area contributed by atoms with Gasteiger partial charge in [-0.1, -0.05) is 29.3 Å². The Balaban J connectivity index is 1.59. The Morgan fingerprint density at radius 2 is 1.96 bits per heavy atom. The minimum absolute atomic E-state index is 0.0853. The van der Waals surface area contributed by atoms with Gasteiger partial charge >= 0.3 is 5.97 Å². The molecule has 1 saturated heterocycles. The van der Waals surface area contributed by atoms with E-state index in [0.717, 1.165) is 30.0 Å². The fourth-order valence-electron chi connectivity index (χ4n) is 2.73. The van der Waals surface area contributed by atoms with Crippen molar-refractivity contribution in [3.63, 3.8) is 0 Å². The Morgan fingerprint density at radius 3 is 2.54 bits per heavy atom. The van der Waals surface area contributed by atoms with Gasteiger partial charge in [-0.15, -0.1) is 0 Å². The van der Waals surface area contributed by atoms with E-state index in [2.05, 4.69) is 4.90 Å². The van der Waals surface area contributed by atoms with E-state index in [9.17, 15) is 4.79 Å². The van der Waals surface area contributed by atoms with Crippen LogP contribution in [-0.4, -0.2) is 23.7 Å². The molecule has 1 fully saturated rings. The standard InChI is InChI=1S/C18H17Cl2NO3/c19-13-2-1-12(17(20)9-13)11-24-16-5-3-14(4-6-16)21-8-7-15(21)10-18(22)23/h1-6,9,15H,7-8,10-11H2,(H,22,23)/t15-/m1/s1. The lowest BCUT2D eigenvalue weighted by Gasteiger charge is -2.42. The molecule has 0 amide bonds. The number of carbonyl (C=O) groups is 1. The van der Waals surface area contributed by atoms with Crippen molar-refractivity contribution in [2.45, 2.75) is 25.5 Å². The summed E-state index contributed by atoms with van der Waals surface area (Å²) in [4.78, 5) is 12.9. The number of anilines is 1. The number of hydrogen-bond acceptors (Lipinski definition) is 3. The molecule has 2 aromatic rings. The lowest BCUT2D eigenvalue weighted by molar-refractivity contribution is -0.137. The molecule has 0 unspecified atom stereocenters. The van der Waals surface area contributed by atoms with E-state index in [4.69, 9.17) is 33.0 Å². The van der Waals surface area contributed by atoms with Gasteiger partial charge in [0.1, 0.15) is 12.4 Å². The molecule has 1 aliphatic rings. The molecule has 1 aliphatic heterocycles. The normalized spacial score (nSPS) is 16.6. The summed E-state index contributed by atoms with van der Waals surface area (Å²) in [6.07, 6.45) is 1.09. The van der Waals surface area contributed by atoms with Crippen LogP contribution in [0.2, 0.25) is 10.0 Å². The van der Waals surface area contributed by atoms with Crippen LogP contribution in [0, 0.1) is 0 Å². The summed E-state index contributed by atoms with van der Waals surface area (Å²) in [5.74, 6) is -0.0235. The van der Waals surface area contributed by atoms with Gasteiger partial charge in [-0.3, -0.25) is 4.79 Å². The molecule has 4 nitrogen and oxygen atoms in total. The molecule has 1 N–H and O–H groups in total. The molecule has 126 valence electrons. The molecule has 0 bridgehead atoms. The zero-order valence-corrected chi connectivity index (χ0v) is 14.4. The number of halogens is 2. The Hall–Kier alpha value is -1.91. The van der Waals surface area contributed by atoms with Crippen molar-refractivity contribution in [3.8, 4) is 5.75 Å². The van der Waals surface area contributed by atoms with E-state index in [1.54, 1.807) is 12.1 Å². The van der Waals surface area contributed by atoms with Crippen LogP contribution in [0.3, 0.4) is 0 Å². The van der Waals surface area contributed by atoms with Crippen molar-refractivity contribution in [2.24, 2.45) is 0 Å². The van der Waals surface area contributed by atoms with Crippen molar-refractivity contribution in [3.05, 3.63) is 58.1 Å². The second-order valence-corrected chi connectivity index (χ2v) is 6.60. The number of aliphatic carboxylic acids is 1. The Bertz CT molecular complexity index is 734. The van der Waals surface area contributed by atoms with Gasteiger partial charge in [0.2, 0.25) is 0 Å². The number of ether oxygens (including phenoxy) is 1. The van der Waals surface area contributed by atoms with Crippen LogP contribution >= 0.6 is 23.2 Å². The average molecular weight is 366 g/mol. The maximum atomic E-state index is 10.8. The first-order valence-electron chi connectivity index (χ1n) is 7.68. The van der Waals surface area contributed by atoms with Crippen molar-refractivity contribution in [1.29, 1.82) is 0 Å². The zero-order valence-electron chi connectivity index (χ0n) is 12.9. The third-order valence-corrected chi connectivity index (χ3v) is 4.72. The summed E-state index contributed by atoms with van der Waals surface area (Å²) in [5.41, 5.74) is 1.89. The Kier molecular flexibility index (Phi) is 5.17. The highest BCUT2D eigenvalue weighted by atomic mass is 35.5. The van der Waals surface area contributed by atoms with E-state index >= 15 is 0 Å². The molecule has 0 aromatic heterocycles. The highest BCUT2D eigenvalue weighted by Crippen LogP contribution is 2.30. The molecule has 6 heteroatoms. The highest BCUT2D eigenvalue weighted by Gasteiger charge is 2.29. The molecule has 0 saturated carbocycles. The minimum atomic E-state index is -0.760. The number of carboxylic acids is 1. The number of hydrogen-bond donors (Lipinski definition) is 1. The first-order chi connectivity index (χ1) is 11.5. The van der Waals surface area contributed by atoms with Gasteiger partial charge in [-0.2, -0.15) is 0 Å². The number of nitrogens with zero attached hydrogens (tertiary/aromatic N) is 1. The van der Waals surface area contributed by atoms with Crippen LogP contribution in [0.1, 0.15) is 18.4 Å². The van der Waals surface area contributed by atoms with Gasteiger partial charge in [-0.05, 0) is 42.8 Å². The summed E-state index contributed by atoms with van der Waals surface area (Å²) in [6, 6.07) is 13.1. The van der Waals surface area contributed by atoms with Crippen LogP contribution in [0.15, 0.2) is 42.5 Å². The Labute approximate surface area is 150 Å². The highest BCUT2D eigenvalue weighted by molar-refractivity contribution is 6.35. The van der Waals surface area contributed by atoms with E-state index in [1.165, 1.54) is 0 Å². The van der Waals surface area contributed by atoms with E-state index < -0.39 is 5.97 Å². The molecule has 0 spiro atoms.